The van der Waals surface area contributed by atoms with Crippen LogP contribution in [0.5, 0.6) is 17.2 Å². The zero-order valence-electron chi connectivity index (χ0n) is 22.9. The smallest absolute Gasteiger partial charge is 0.417 e. The van der Waals surface area contributed by atoms with Crippen molar-refractivity contribution in [2.75, 3.05) is 31.6 Å². The van der Waals surface area contributed by atoms with Gasteiger partial charge in [0.25, 0.3) is 5.91 Å². The van der Waals surface area contributed by atoms with Crippen molar-refractivity contribution in [3.63, 3.8) is 0 Å². The summed E-state index contributed by atoms with van der Waals surface area (Å²) in [6.07, 6.45) is -2.92. The highest BCUT2D eigenvalue weighted by Crippen LogP contribution is 2.31. The molecule has 4 bridgehead atoms. The van der Waals surface area contributed by atoms with E-state index in [4.69, 9.17) is 14.2 Å². The topological polar surface area (TPSA) is 102 Å². The van der Waals surface area contributed by atoms with Crippen LogP contribution in [0.1, 0.15) is 40.7 Å². The third-order valence-electron chi connectivity index (χ3n) is 7.14. The van der Waals surface area contributed by atoms with E-state index in [2.05, 4.69) is 15.6 Å². The van der Waals surface area contributed by atoms with Crippen LogP contribution in [0.2, 0.25) is 0 Å². The maximum absolute atomic E-state index is 13.0. The highest BCUT2D eigenvalue weighted by Gasteiger charge is 2.34. The summed E-state index contributed by atoms with van der Waals surface area (Å²) < 4.78 is 56.7. The summed E-state index contributed by atoms with van der Waals surface area (Å²) in [6, 6.07) is 14.2. The van der Waals surface area contributed by atoms with Gasteiger partial charge < -0.3 is 29.7 Å². The van der Waals surface area contributed by atoms with Crippen LogP contribution in [-0.2, 0) is 22.3 Å². The molecular weight excluding hydrogens is 553 g/mol. The number of halogens is 3. The lowest BCUT2D eigenvalue weighted by atomic mass is 10.0. The summed E-state index contributed by atoms with van der Waals surface area (Å²) in [5.74, 6) is 1.30. The number of piperidine rings is 1. The first-order valence-corrected chi connectivity index (χ1v) is 13.6. The van der Waals surface area contributed by atoms with Crippen molar-refractivity contribution in [2.45, 2.75) is 44.2 Å². The van der Waals surface area contributed by atoms with Gasteiger partial charge >= 0.3 is 6.18 Å². The van der Waals surface area contributed by atoms with Crippen molar-refractivity contribution in [1.82, 2.24) is 15.6 Å². The molecule has 3 aromatic rings. The van der Waals surface area contributed by atoms with Crippen LogP contribution in [-0.4, -0.2) is 55.7 Å². The van der Waals surface area contributed by atoms with Crippen LogP contribution in [0.25, 0.3) is 0 Å². The molecular formula is C30H31F3N4O5. The molecule has 2 aromatic carbocycles. The zero-order chi connectivity index (χ0) is 29.7. The highest BCUT2D eigenvalue weighted by molar-refractivity contribution is 5.95. The predicted octanol–water partition coefficient (Wildman–Crippen LogP) is 4.71. The van der Waals surface area contributed by atoms with E-state index in [0.29, 0.717) is 54.6 Å². The molecule has 2 amide bonds. The number of amides is 2. The minimum absolute atomic E-state index is 0.163. The number of ether oxygens (including phenoxy) is 3. The van der Waals surface area contributed by atoms with Crippen LogP contribution in [0, 0.1) is 0 Å². The maximum atomic E-state index is 13.0. The Morgan fingerprint density at radius 2 is 1.93 bits per heavy atom. The van der Waals surface area contributed by atoms with Gasteiger partial charge in [-0.1, -0.05) is 12.1 Å². The number of carbonyl (C=O) groups is 2. The lowest BCUT2D eigenvalue weighted by Crippen LogP contribution is -2.56. The van der Waals surface area contributed by atoms with Gasteiger partial charge in [0.05, 0.1) is 31.4 Å². The number of methoxy groups -OCH3 is 1. The van der Waals surface area contributed by atoms with Gasteiger partial charge in [0.1, 0.15) is 23.1 Å². The van der Waals surface area contributed by atoms with Gasteiger partial charge in [0, 0.05) is 43.9 Å². The van der Waals surface area contributed by atoms with Gasteiger partial charge in [0.15, 0.2) is 0 Å². The molecule has 2 atom stereocenters. The molecule has 2 N–H and O–H groups in total. The molecule has 1 saturated heterocycles. The predicted molar refractivity (Wildman–Crippen MR) is 148 cm³/mol. The van der Waals surface area contributed by atoms with Gasteiger partial charge in [-0.15, -0.1) is 0 Å². The Morgan fingerprint density at radius 1 is 1.07 bits per heavy atom. The fourth-order valence-corrected chi connectivity index (χ4v) is 4.97. The second kappa shape index (κ2) is 12.7. The Bertz CT molecular complexity index is 1420. The fourth-order valence-electron chi connectivity index (χ4n) is 4.97. The molecule has 5 rings (SSSR count). The molecule has 1 aromatic heterocycles. The highest BCUT2D eigenvalue weighted by atomic mass is 19.4. The van der Waals surface area contributed by atoms with Crippen LogP contribution < -0.4 is 25.0 Å². The fraction of sp³-hybridized carbons (Fsp3) is 0.367. The summed E-state index contributed by atoms with van der Waals surface area (Å²) >= 11 is 0. The SMILES string of the molecule is COc1cc2cc(c1)C(=O)NCCCC(=O)N[C@H]1CN(c3ccc(C(F)(F)F)cn3)CC[C@@H]1OCc1cccc(c1)O2. The minimum Gasteiger partial charge on any atom is -0.497 e. The van der Waals surface area contributed by atoms with E-state index in [1.54, 1.807) is 24.3 Å². The van der Waals surface area contributed by atoms with E-state index in [0.717, 1.165) is 17.8 Å². The van der Waals surface area contributed by atoms with Crippen molar-refractivity contribution in [3.05, 3.63) is 77.5 Å². The van der Waals surface area contributed by atoms with Gasteiger partial charge in [-0.05, 0) is 54.8 Å². The lowest BCUT2D eigenvalue weighted by molar-refractivity contribution is -0.137. The Labute approximate surface area is 241 Å². The first kappa shape index (κ1) is 29.2. The zero-order valence-corrected chi connectivity index (χ0v) is 22.9. The van der Waals surface area contributed by atoms with Crippen molar-refractivity contribution in [3.8, 4) is 17.2 Å². The number of hydrogen-bond acceptors (Lipinski definition) is 7. The third kappa shape index (κ3) is 7.30. The molecule has 0 saturated carbocycles. The molecule has 2 aliphatic rings. The van der Waals surface area contributed by atoms with Crippen LogP contribution in [0.4, 0.5) is 19.0 Å². The van der Waals surface area contributed by atoms with Gasteiger partial charge in [-0.3, -0.25) is 9.59 Å². The van der Waals surface area contributed by atoms with E-state index in [-0.39, 0.29) is 37.5 Å². The van der Waals surface area contributed by atoms with Crippen LogP contribution >= 0.6 is 0 Å². The van der Waals surface area contributed by atoms with E-state index >= 15 is 0 Å². The maximum Gasteiger partial charge on any atom is 0.417 e. The molecule has 2 aliphatic heterocycles. The van der Waals surface area contributed by atoms with E-state index in [1.807, 2.05) is 23.1 Å². The molecule has 12 heteroatoms. The molecule has 1 fully saturated rings. The third-order valence-corrected chi connectivity index (χ3v) is 7.14. The number of rotatable bonds is 2. The summed E-state index contributed by atoms with van der Waals surface area (Å²) in [5.41, 5.74) is 0.376. The molecule has 222 valence electrons. The summed E-state index contributed by atoms with van der Waals surface area (Å²) in [6.45, 7) is 1.32. The van der Waals surface area contributed by atoms with Crippen LogP contribution in [0.15, 0.2) is 60.8 Å². The van der Waals surface area contributed by atoms with Crippen molar-refractivity contribution >= 4 is 17.6 Å². The number of benzene rings is 2. The lowest BCUT2D eigenvalue weighted by Gasteiger charge is -2.39. The minimum atomic E-state index is -4.47. The number of aromatic nitrogens is 1. The average Bonchev–Trinajstić information content (AvgIpc) is 2.97. The number of alkyl halides is 3. The number of pyridine rings is 1. The first-order chi connectivity index (χ1) is 20.2. The van der Waals surface area contributed by atoms with Crippen LogP contribution in [0.3, 0.4) is 0 Å². The van der Waals surface area contributed by atoms with Gasteiger partial charge in [-0.25, -0.2) is 4.98 Å². The number of fused-ring (bicyclic) bond motifs is 5. The molecule has 9 nitrogen and oxygen atoms in total. The van der Waals surface area contributed by atoms with Crippen molar-refractivity contribution < 1.29 is 37.0 Å². The first-order valence-electron chi connectivity index (χ1n) is 13.6. The number of nitrogens with zero attached hydrogens (tertiary/aromatic N) is 2. The molecule has 0 radical (unpaired) electrons. The number of anilines is 1. The molecule has 0 unspecified atom stereocenters. The van der Waals surface area contributed by atoms with E-state index in [9.17, 15) is 22.8 Å². The summed E-state index contributed by atoms with van der Waals surface area (Å²) in [4.78, 5) is 31.6. The van der Waals surface area contributed by atoms with E-state index in [1.165, 1.54) is 13.2 Å². The average molecular weight is 585 g/mol. The Hall–Kier alpha value is -4.32. The van der Waals surface area contributed by atoms with Crippen molar-refractivity contribution in [2.24, 2.45) is 0 Å². The number of carbonyl (C=O) groups excluding carboxylic acids is 2. The Balaban J connectivity index is 1.35. The summed E-state index contributed by atoms with van der Waals surface area (Å²) in [7, 11) is 1.51. The molecule has 42 heavy (non-hydrogen) atoms. The second-order valence-corrected chi connectivity index (χ2v) is 10.2. The Kier molecular flexibility index (Phi) is 8.81. The second-order valence-electron chi connectivity index (χ2n) is 10.2. The molecule has 0 spiro atoms. The quantitative estimate of drug-likeness (QED) is 0.450. The largest absolute Gasteiger partial charge is 0.497 e. The number of hydrogen-bond donors (Lipinski definition) is 2. The van der Waals surface area contributed by atoms with E-state index < -0.39 is 17.8 Å². The summed E-state index contributed by atoms with van der Waals surface area (Å²) in [5, 5.41) is 5.85. The Morgan fingerprint density at radius 3 is 2.69 bits per heavy atom. The molecule has 3 heterocycles. The number of nitrogens with one attached hydrogen (secondary N) is 2. The molecule has 0 aliphatic carbocycles. The standard InChI is InChI=1S/C30H31F3N4O5/c1-40-23-13-20-14-24(15-23)42-22-5-2-4-19(12-22)18-41-26-9-11-37(27-8-7-21(16-35-27)30(31,32)33)17-25(26)36-28(38)6-3-10-34-29(20)39/h2,4-5,7-8,12-16,25-26H,3,6,9-11,17-18H2,1H3,(H,34,39)(H,36,38)/t25-,26-/m0/s1. The van der Waals surface area contributed by atoms with Gasteiger partial charge in [-0.2, -0.15) is 13.2 Å². The van der Waals surface area contributed by atoms with Gasteiger partial charge in [0.2, 0.25) is 5.91 Å². The van der Waals surface area contributed by atoms with Crippen molar-refractivity contribution in [1.29, 1.82) is 0 Å². The normalized spacial score (nSPS) is 20.2. The monoisotopic (exact) mass is 584 g/mol.